The minimum atomic E-state index is -0.730. The minimum Gasteiger partial charge on any atom is -0.447 e. The van der Waals surface area contributed by atoms with E-state index in [9.17, 15) is 14.4 Å². The van der Waals surface area contributed by atoms with E-state index in [0.29, 0.717) is 6.19 Å². The molecule has 1 aromatic rings. The molecule has 0 aromatic heterocycles. The van der Waals surface area contributed by atoms with E-state index in [1.807, 2.05) is 58.0 Å². The molecule has 0 bridgehead atoms. The highest BCUT2D eigenvalue weighted by atomic mass is 16.6. The molecule has 0 aliphatic carbocycles. The van der Waals surface area contributed by atoms with E-state index >= 15 is 0 Å². The molecule has 1 saturated heterocycles. The highest BCUT2D eigenvalue weighted by Crippen LogP contribution is 2.30. The molecule has 1 N–H and O–H groups in total. The van der Waals surface area contributed by atoms with E-state index in [1.165, 1.54) is 4.90 Å². The Hall–Kier alpha value is -2.15. The molecule has 1 aliphatic heterocycles. The van der Waals surface area contributed by atoms with Gasteiger partial charge in [-0.25, -0.2) is 9.69 Å². The maximum Gasteiger partial charge on any atom is 0.417 e. The lowest BCUT2D eigenvalue weighted by Crippen LogP contribution is -2.59. The van der Waals surface area contributed by atoms with Crippen LogP contribution >= 0.6 is 0 Å². The molecular formula is C18H25BN2O4. The molecule has 25 heavy (non-hydrogen) atoms. The Kier molecular flexibility index (Phi) is 6.00. The Morgan fingerprint density at radius 3 is 2.56 bits per heavy atom. The number of rotatable bonds is 7. The van der Waals surface area contributed by atoms with Gasteiger partial charge in [0.15, 0.2) is 0 Å². The summed E-state index contributed by atoms with van der Waals surface area (Å²) in [4.78, 5) is 37.5. The average molecular weight is 344 g/mol. The second-order valence-electron chi connectivity index (χ2n) is 7.19. The summed E-state index contributed by atoms with van der Waals surface area (Å²) >= 11 is 0. The number of cyclic esters (lactones) is 1. The molecule has 0 spiro atoms. The number of carbonyl (C=O) groups excluding carboxylic acids is 3. The summed E-state index contributed by atoms with van der Waals surface area (Å²) < 4.78 is 5.10. The zero-order valence-electron chi connectivity index (χ0n) is 15.2. The van der Waals surface area contributed by atoms with Crippen LogP contribution in [0.1, 0.15) is 33.3 Å². The van der Waals surface area contributed by atoms with Gasteiger partial charge in [0.2, 0.25) is 5.91 Å². The Bertz CT molecular complexity index is 633. The van der Waals surface area contributed by atoms with Crippen LogP contribution in [0.5, 0.6) is 0 Å². The quantitative estimate of drug-likeness (QED) is 0.599. The van der Waals surface area contributed by atoms with Gasteiger partial charge in [-0.3, -0.25) is 4.79 Å². The second-order valence-corrected chi connectivity index (χ2v) is 7.19. The Labute approximate surface area is 149 Å². The van der Waals surface area contributed by atoms with Gasteiger partial charge in [-0.2, -0.15) is 0 Å². The summed E-state index contributed by atoms with van der Waals surface area (Å²) in [5, 5.41) is 3.00. The molecule has 6 nitrogen and oxygen atoms in total. The molecular weight excluding hydrogens is 319 g/mol. The maximum absolute atomic E-state index is 13.2. The van der Waals surface area contributed by atoms with Gasteiger partial charge in [0.05, 0.1) is 18.3 Å². The van der Waals surface area contributed by atoms with Crippen molar-refractivity contribution in [3.63, 3.8) is 0 Å². The van der Waals surface area contributed by atoms with E-state index < -0.39 is 17.6 Å². The van der Waals surface area contributed by atoms with Gasteiger partial charge in [-0.1, -0.05) is 58.0 Å². The Balaban J connectivity index is 2.37. The first-order chi connectivity index (χ1) is 11.8. The molecule has 134 valence electrons. The van der Waals surface area contributed by atoms with Crippen molar-refractivity contribution in [2.24, 2.45) is 5.92 Å². The predicted molar refractivity (Wildman–Crippen MR) is 97.1 cm³/mol. The fourth-order valence-electron chi connectivity index (χ4n) is 3.17. The van der Waals surface area contributed by atoms with Crippen LogP contribution in [0.4, 0.5) is 4.79 Å². The van der Waals surface area contributed by atoms with Crippen LogP contribution < -0.4 is 5.23 Å². The number of nitrogens with one attached hydrogen (secondary N) is 1. The predicted octanol–water partition coefficient (Wildman–Crippen LogP) is 1.47. The molecule has 1 aliphatic rings. The van der Waals surface area contributed by atoms with Crippen LogP contribution in [0, 0.1) is 5.92 Å². The van der Waals surface area contributed by atoms with Gasteiger partial charge in [0, 0.05) is 5.41 Å². The third-order valence-electron chi connectivity index (χ3n) is 4.80. The van der Waals surface area contributed by atoms with Crippen LogP contribution in [0.25, 0.3) is 0 Å². The Morgan fingerprint density at radius 2 is 2.00 bits per heavy atom. The lowest BCUT2D eigenvalue weighted by atomic mass is 9.74. The number of hydrogen-bond acceptors (Lipinski definition) is 5. The lowest BCUT2D eigenvalue weighted by Gasteiger charge is -2.37. The van der Waals surface area contributed by atoms with E-state index in [0.717, 1.165) is 5.56 Å². The van der Waals surface area contributed by atoms with Gasteiger partial charge in [-0.05, 0) is 11.5 Å². The molecule has 1 aromatic carbocycles. The van der Waals surface area contributed by atoms with Crippen molar-refractivity contribution < 1.29 is 19.1 Å². The summed E-state index contributed by atoms with van der Waals surface area (Å²) in [5.74, 6) is -0.279. The van der Waals surface area contributed by atoms with Crippen molar-refractivity contribution in [2.45, 2.75) is 45.2 Å². The number of benzene rings is 1. The average Bonchev–Trinajstić information content (AvgIpc) is 2.97. The van der Waals surface area contributed by atoms with Crippen LogP contribution in [-0.2, 0) is 19.7 Å². The van der Waals surface area contributed by atoms with Crippen LogP contribution in [-0.4, -0.2) is 49.2 Å². The summed E-state index contributed by atoms with van der Waals surface area (Å²) in [6.45, 7) is 7.95. The number of carbonyl (C=O) groups is 3. The van der Waals surface area contributed by atoms with Crippen molar-refractivity contribution in [1.82, 2.24) is 10.1 Å². The highest BCUT2D eigenvalue weighted by Gasteiger charge is 2.46. The molecule has 2 atom stereocenters. The van der Waals surface area contributed by atoms with Gasteiger partial charge in [0.25, 0.3) is 7.41 Å². The Morgan fingerprint density at radius 1 is 1.36 bits per heavy atom. The fraction of sp³-hybridized carbons (Fsp3) is 0.500. The largest absolute Gasteiger partial charge is 0.447 e. The molecule has 0 saturated carbocycles. The third-order valence-corrected chi connectivity index (χ3v) is 4.80. The van der Waals surface area contributed by atoms with Crippen LogP contribution in [0.3, 0.4) is 0 Å². The SMILES string of the molecule is CC(C)[C@H]1COC(=O)N1C(=O)[C@@H](NBC=O)C(C)(C)c1ccccc1. The normalized spacial score (nSPS) is 18.8. The van der Waals surface area contributed by atoms with Crippen molar-refractivity contribution >= 4 is 25.6 Å². The zero-order valence-corrected chi connectivity index (χ0v) is 15.2. The summed E-state index contributed by atoms with van der Waals surface area (Å²) in [6, 6.07) is 8.55. The molecule has 1 fully saturated rings. The topological polar surface area (TPSA) is 75.7 Å². The lowest BCUT2D eigenvalue weighted by molar-refractivity contribution is -0.133. The first-order valence-electron chi connectivity index (χ1n) is 8.53. The van der Waals surface area contributed by atoms with Gasteiger partial charge < -0.3 is 14.8 Å². The first-order valence-corrected chi connectivity index (χ1v) is 8.53. The van der Waals surface area contributed by atoms with E-state index in [2.05, 4.69) is 5.23 Å². The van der Waals surface area contributed by atoms with Crippen LogP contribution in [0.15, 0.2) is 30.3 Å². The van der Waals surface area contributed by atoms with Gasteiger partial charge in [0.1, 0.15) is 6.61 Å². The molecule has 1 heterocycles. The van der Waals surface area contributed by atoms with E-state index in [4.69, 9.17) is 4.74 Å². The standard InChI is InChI=1S/C18H25BN2O4/c1-12(2)14-10-25-17(24)21(14)16(23)15(20-19-11-22)18(3,4)13-8-6-5-7-9-13/h5-9,11-12,14-15,19-20H,10H2,1-4H3/t14-,15-/m1/s1. The summed E-state index contributed by atoms with van der Waals surface area (Å²) in [6.07, 6.45) is 0.0919. The maximum atomic E-state index is 13.2. The second kappa shape index (κ2) is 7.82. The minimum absolute atomic E-state index is 0.0297. The first kappa shape index (κ1) is 19.2. The number of hydrogen-bond donors (Lipinski definition) is 1. The van der Waals surface area contributed by atoms with Crippen molar-refractivity contribution in [1.29, 1.82) is 0 Å². The zero-order chi connectivity index (χ0) is 18.6. The number of ether oxygens (including phenoxy) is 1. The van der Waals surface area contributed by atoms with E-state index in [1.54, 1.807) is 0 Å². The van der Waals surface area contributed by atoms with Gasteiger partial charge in [-0.15, -0.1) is 0 Å². The molecule has 0 unspecified atom stereocenters. The smallest absolute Gasteiger partial charge is 0.417 e. The van der Waals surface area contributed by atoms with Crippen molar-refractivity contribution in [3.05, 3.63) is 35.9 Å². The number of nitrogens with zero attached hydrogens (tertiary/aromatic N) is 1. The van der Waals surface area contributed by atoms with Crippen LogP contribution in [0.2, 0.25) is 0 Å². The van der Waals surface area contributed by atoms with Crippen molar-refractivity contribution in [3.8, 4) is 0 Å². The molecule has 2 amide bonds. The molecule has 7 heteroatoms. The van der Waals surface area contributed by atoms with E-state index in [-0.39, 0.29) is 31.9 Å². The number of imide groups is 1. The number of amides is 2. The van der Waals surface area contributed by atoms with Crippen molar-refractivity contribution in [2.75, 3.05) is 6.61 Å². The third kappa shape index (κ3) is 3.92. The highest BCUT2D eigenvalue weighted by molar-refractivity contribution is 6.64. The fourth-order valence-corrected chi connectivity index (χ4v) is 3.17. The molecule has 0 radical (unpaired) electrons. The monoisotopic (exact) mass is 344 g/mol. The molecule has 2 rings (SSSR count). The summed E-state index contributed by atoms with van der Waals surface area (Å²) in [5.41, 5.74) is 0.326. The van der Waals surface area contributed by atoms with Gasteiger partial charge >= 0.3 is 6.09 Å². The summed E-state index contributed by atoms with van der Waals surface area (Å²) in [7, 11) is 0.0297.